The van der Waals surface area contributed by atoms with Crippen LogP contribution in [0.4, 0.5) is 5.69 Å². The number of hydrogen-bond acceptors (Lipinski definition) is 6. The van der Waals surface area contributed by atoms with Gasteiger partial charge in [0.05, 0.1) is 17.1 Å². The lowest BCUT2D eigenvalue weighted by molar-refractivity contribution is -0.384. The van der Waals surface area contributed by atoms with Crippen molar-refractivity contribution in [2.75, 3.05) is 6.61 Å². The first-order valence-electron chi connectivity index (χ1n) is 7.88. The number of nitro benzene ring substituents is 1. The molecule has 0 aliphatic rings. The summed E-state index contributed by atoms with van der Waals surface area (Å²) in [6.45, 7) is 2.40. The molecular formula is C18H19NO6. The number of carbonyl (C=O) groups is 1. The van der Waals surface area contributed by atoms with Gasteiger partial charge in [0.1, 0.15) is 0 Å². The molecule has 0 saturated carbocycles. The molecule has 7 heteroatoms. The lowest BCUT2D eigenvalue weighted by Gasteiger charge is -2.11. The topological polar surface area (TPSA) is 110 Å². The Hall–Kier alpha value is -3.09. The summed E-state index contributed by atoms with van der Waals surface area (Å²) >= 11 is 0. The van der Waals surface area contributed by atoms with E-state index in [4.69, 9.17) is 4.74 Å². The molecule has 0 fully saturated rings. The van der Waals surface area contributed by atoms with Crippen molar-refractivity contribution < 1.29 is 24.7 Å². The van der Waals surface area contributed by atoms with Crippen molar-refractivity contribution in [2.45, 2.75) is 26.2 Å². The molecular weight excluding hydrogens is 326 g/mol. The standard InChI is InChI=1S/C18H19NO6/c1-2-3-10-25-16-9-8-14(17(21)18(16)22)15(20)11-12-4-6-13(7-5-12)19(23)24/h4-9,21-22H,2-3,10-11H2,1H3. The maximum atomic E-state index is 12.3. The lowest BCUT2D eigenvalue weighted by atomic mass is 10.0. The molecule has 0 heterocycles. The van der Waals surface area contributed by atoms with Crippen LogP contribution in [0.25, 0.3) is 0 Å². The number of Topliss-reactive ketones (excluding diaryl/α,β-unsaturated/α-hetero) is 1. The predicted molar refractivity (Wildman–Crippen MR) is 91.3 cm³/mol. The zero-order valence-corrected chi connectivity index (χ0v) is 13.8. The zero-order valence-electron chi connectivity index (χ0n) is 13.8. The van der Waals surface area contributed by atoms with E-state index in [2.05, 4.69) is 0 Å². The number of ether oxygens (including phenoxy) is 1. The molecule has 7 nitrogen and oxygen atoms in total. The fourth-order valence-electron chi connectivity index (χ4n) is 2.25. The number of aromatic hydroxyl groups is 2. The van der Waals surface area contributed by atoms with Crippen molar-refractivity contribution in [3.8, 4) is 17.2 Å². The second-order valence-electron chi connectivity index (χ2n) is 5.53. The number of nitrogens with zero attached hydrogens (tertiary/aromatic N) is 1. The molecule has 0 aromatic heterocycles. The monoisotopic (exact) mass is 345 g/mol. The number of non-ortho nitro benzene ring substituents is 1. The molecule has 2 aromatic rings. The zero-order chi connectivity index (χ0) is 18.4. The number of unbranched alkanes of at least 4 members (excludes halogenated alkanes) is 1. The summed E-state index contributed by atoms with van der Waals surface area (Å²) in [5.41, 5.74) is 0.474. The number of nitro groups is 1. The molecule has 0 spiro atoms. The molecule has 0 bridgehead atoms. The van der Waals surface area contributed by atoms with Gasteiger partial charge in [-0.05, 0) is 24.1 Å². The number of phenolic OH excluding ortho intramolecular Hbond substituents is 2. The summed E-state index contributed by atoms with van der Waals surface area (Å²) in [6.07, 6.45) is 1.68. The van der Waals surface area contributed by atoms with Gasteiger partial charge in [0.25, 0.3) is 5.69 Å². The highest BCUT2D eigenvalue weighted by Gasteiger charge is 2.18. The maximum Gasteiger partial charge on any atom is 0.269 e. The van der Waals surface area contributed by atoms with Crippen molar-refractivity contribution in [1.82, 2.24) is 0 Å². The van der Waals surface area contributed by atoms with E-state index in [1.165, 1.54) is 36.4 Å². The predicted octanol–water partition coefficient (Wildman–Crippen LogP) is 3.61. The molecule has 132 valence electrons. The molecule has 2 aromatic carbocycles. The van der Waals surface area contributed by atoms with E-state index in [1.54, 1.807) is 0 Å². The lowest BCUT2D eigenvalue weighted by Crippen LogP contribution is -2.05. The molecule has 0 amide bonds. The highest BCUT2D eigenvalue weighted by Crippen LogP contribution is 2.38. The van der Waals surface area contributed by atoms with Gasteiger partial charge in [0.15, 0.2) is 17.3 Å². The van der Waals surface area contributed by atoms with Gasteiger partial charge < -0.3 is 14.9 Å². The first-order valence-corrected chi connectivity index (χ1v) is 7.88. The molecule has 0 aliphatic carbocycles. The van der Waals surface area contributed by atoms with Gasteiger partial charge in [-0.25, -0.2) is 0 Å². The van der Waals surface area contributed by atoms with E-state index >= 15 is 0 Å². The van der Waals surface area contributed by atoms with Crippen LogP contribution in [0.5, 0.6) is 17.2 Å². The SMILES string of the molecule is CCCCOc1ccc(C(=O)Cc2ccc([N+](=O)[O-])cc2)c(O)c1O. The van der Waals surface area contributed by atoms with E-state index in [9.17, 15) is 25.1 Å². The Bertz CT molecular complexity index is 770. The molecule has 0 aliphatic heterocycles. The van der Waals surface area contributed by atoms with Crippen LogP contribution in [0.1, 0.15) is 35.7 Å². The number of hydrogen-bond donors (Lipinski definition) is 2. The van der Waals surface area contributed by atoms with Gasteiger partial charge in [-0.2, -0.15) is 0 Å². The quantitative estimate of drug-likeness (QED) is 0.249. The van der Waals surface area contributed by atoms with E-state index in [-0.39, 0.29) is 23.4 Å². The van der Waals surface area contributed by atoms with Crippen LogP contribution in [0.15, 0.2) is 36.4 Å². The van der Waals surface area contributed by atoms with Crippen LogP contribution >= 0.6 is 0 Å². The summed E-state index contributed by atoms with van der Waals surface area (Å²) in [4.78, 5) is 22.4. The number of rotatable bonds is 8. The van der Waals surface area contributed by atoms with Crippen LogP contribution in [-0.2, 0) is 6.42 Å². The van der Waals surface area contributed by atoms with Gasteiger partial charge in [-0.1, -0.05) is 25.5 Å². The average Bonchev–Trinajstić information content (AvgIpc) is 2.59. The highest BCUT2D eigenvalue weighted by molar-refractivity contribution is 6.01. The second-order valence-corrected chi connectivity index (χ2v) is 5.53. The van der Waals surface area contributed by atoms with Crippen LogP contribution in [0.2, 0.25) is 0 Å². The van der Waals surface area contributed by atoms with E-state index in [0.717, 1.165) is 12.8 Å². The van der Waals surface area contributed by atoms with Crippen molar-refractivity contribution in [3.63, 3.8) is 0 Å². The molecule has 2 rings (SSSR count). The third-order valence-corrected chi connectivity index (χ3v) is 3.68. The Morgan fingerprint density at radius 1 is 1.12 bits per heavy atom. The Kier molecular flexibility index (Phi) is 5.94. The van der Waals surface area contributed by atoms with E-state index in [1.807, 2.05) is 6.92 Å². The van der Waals surface area contributed by atoms with Gasteiger partial charge >= 0.3 is 0 Å². The van der Waals surface area contributed by atoms with Gasteiger partial charge in [0.2, 0.25) is 5.75 Å². The second kappa shape index (κ2) is 8.14. The summed E-state index contributed by atoms with van der Waals surface area (Å²) in [5.74, 6) is -1.29. The fourth-order valence-corrected chi connectivity index (χ4v) is 2.25. The summed E-state index contributed by atoms with van der Waals surface area (Å²) in [5, 5.41) is 30.7. The van der Waals surface area contributed by atoms with E-state index in [0.29, 0.717) is 12.2 Å². The number of ketones is 1. The van der Waals surface area contributed by atoms with Crippen molar-refractivity contribution >= 4 is 11.5 Å². The van der Waals surface area contributed by atoms with Crippen molar-refractivity contribution in [2.24, 2.45) is 0 Å². The minimum absolute atomic E-state index is 0.0290. The summed E-state index contributed by atoms with van der Waals surface area (Å²) < 4.78 is 5.36. The molecule has 0 radical (unpaired) electrons. The number of phenols is 2. The van der Waals surface area contributed by atoms with Gasteiger partial charge in [-0.15, -0.1) is 0 Å². The van der Waals surface area contributed by atoms with Crippen LogP contribution in [0, 0.1) is 10.1 Å². The van der Waals surface area contributed by atoms with E-state index < -0.39 is 22.2 Å². The Morgan fingerprint density at radius 3 is 2.40 bits per heavy atom. The summed E-state index contributed by atoms with van der Waals surface area (Å²) in [6, 6.07) is 8.41. The molecule has 2 N–H and O–H groups in total. The van der Waals surface area contributed by atoms with Crippen LogP contribution < -0.4 is 4.74 Å². The first kappa shape index (κ1) is 18.3. The first-order chi connectivity index (χ1) is 11.9. The summed E-state index contributed by atoms with van der Waals surface area (Å²) in [7, 11) is 0. The average molecular weight is 345 g/mol. The molecule has 0 saturated heterocycles. The Labute approximate surface area is 144 Å². The minimum Gasteiger partial charge on any atom is -0.504 e. The van der Waals surface area contributed by atoms with Crippen molar-refractivity contribution in [1.29, 1.82) is 0 Å². The van der Waals surface area contributed by atoms with Gasteiger partial charge in [0, 0.05) is 18.6 Å². The maximum absolute atomic E-state index is 12.3. The smallest absolute Gasteiger partial charge is 0.269 e. The largest absolute Gasteiger partial charge is 0.504 e. The molecule has 0 unspecified atom stereocenters. The molecule has 0 atom stereocenters. The Balaban J connectivity index is 2.13. The number of carbonyl (C=O) groups excluding carboxylic acids is 1. The highest BCUT2D eigenvalue weighted by atomic mass is 16.6. The third-order valence-electron chi connectivity index (χ3n) is 3.68. The minimum atomic E-state index is -0.527. The Morgan fingerprint density at radius 2 is 1.80 bits per heavy atom. The van der Waals surface area contributed by atoms with Crippen LogP contribution in [0.3, 0.4) is 0 Å². The van der Waals surface area contributed by atoms with Crippen LogP contribution in [-0.4, -0.2) is 27.5 Å². The molecule has 25 heavy (non-hydrogen) atoms. The normalized spacial score (nSPS) is 10.4. The fraction of sp³-hybridized carbons (Fsp3) is 0.278. The van der Waals surface area contributed by atoms with Crippen molar-refractivity contribution in [3.05, 3.63) is 57.6 Å². The number of benzene rings is 2. The van der Waals surface area contributed by atoms with Gasteiger partial charge in [-0.3, -0.25) is 14.9 Å². The third kappa shape index (κ3) is 4.47.